The molecule has 132 valence electrons. The van der Waals surface area contributed by atoms with E-state index < -0.39 is 10.0 Å². The molecule has 6 nitrogen and oxygen atoms in total. The Morgan fingerprint density at radius 2 is 1.72 bits per heavy atom. The molecule has 0 radical (unpaired) electrons. The van der Waals surface area contributed by atoms with Crippen molar-refractivity contribution < 1.29 is 13.2 Å². The van der Waals surface area contributed by atoms with Crippen LogP contribution in [0.4, 0.5) is 16.2 Å². The summed E-state index contributed by atoms with van der Waals surface area (Å²) in [5.74, 6) is 0. The molecular weight excluding hydrogens is 362 g/mol. The number of hydrogen-bond donors (Lipinski definition) is 3. The number of halogens is 1. The highest BCUT2D eigenvalue weighted by Gasteiger charge is 2.23. The summed E-state index contributed by atoms with van der Waals surface area (Å²) >= 11 is 5.99. The minimum atomic E-state index is -3.74. The fourth-order valence-corrected chi connectivity index (χ4v) is 3.85. The van der Waals surface area contributed by atoms with Gasteiger partial charge < -0.3 is 10.6 Å². The molecule has 0 spiro atoms. The highest BCUT2D eigenvalue weighted by atomic mass is 35.5. The van der Waals surface area contributed by atoms with E-state index in [0.717, 1.165) is 12.8 Å². The summed E-state index contributed by atoms with van der Waals surface area (Å²) in [6.45, 7) is 1.66. The third-order valence-electron chi connectivity index (χ3n) is 3.82. The summed E-state index contributed by atoms with van der Waals surface area (Å²) in [5.41, 5.74) is 1.47. The molecule has 2 amide bonds. The van der Waals surface area contributed by atoms with E-state index in [1.54, 1.807) is 43.3 Å². The lowest BCUT2D eigenvalue weighted by Gasteiger charge is -2.12. The number of urea groups is 1. The monoisotopic (exact) mass is 379 g/mol. The molecule has 25 heavy (non-hydrogen) atoms. The molecule has 0 saturated heterocycles. The third-order valence-corrected chi connectivity index (χ3v) is 5.75. The van der Waals surface area contributed by atoms with Crippen molar-refractivity contribution in [3.8, 4) is 0 Å². The first-order chi connectivity index (χ1) is 11.8. The molecule has 0 atom stereocenters. The molecule has 3 rings (SSSR count). The smallest absolute Gasteiger partial charge is 0.319 e. The van der Waals surface area contributed by atoms with Crippen molar-refractivity contribution in [3.63, 3.8) is 0 Å². The zero-order chi connectivity index (χ0) is 18.0. The molecule has 1 aliphatic carbocycles. The fraction of sp³-hybridized carbons (Fsp3) is 0.235. The molecule has 1 aliphatic rings. The second kappa shape index (κ2) is 6.93. The van der Waals surface area contributed by atoms with Crippen LogP contribution in [0.2, 0.25) is 5.02 Å². The van der Waals surface area contributed by atoms with Gasteiger partial charge in [-0.15, -0.1) is 0 Å². The van der Waals surface area contributed by atoms with E-state index in [4.69, 9.17) is 11.6 Å². The summed E-state index contributed by atoms with van der Waals surface area (Å²) in [6.07, 6.45) is 2.02. The van der Waals surface area contributed by atoms with Crippen LogP contribution >= 0.6 is 11.6 Å². The van der Waals surface area contributed by atoms with Crippen LogP contribution in [0.3, 0.4) is 0 Å². The van der Waals surface area contributed by atoms with Crippen LogP contribution in [-0.4, -0.2) is 20.5 Å². The molecule has 0 aromatic heterocycles. The van der Waals surface area contributed by atoms with Crippen LogP contribution in [0.25, 0.3) is 0 Å². The Hall–Kier alpha value is -2.25. The third kappa shape index (κ3) is 4.43. The Morgan fingerprint density at radius 1 is 1.08 bits per heavy atom. The number of hydrogen-bond acceptors (Lipinski definition) is 3. The summed E-state index contributed by atoms with van der Waals surface area (Å²) in [4.78, 5) is 11.8. The number of rotatable bonds is 5. The number of nitrogens with one attached hydrogen (secondary N) is 3. The van der Waals surface area contributed by atoms with Gasteiger partial charge in [0.05, 0.1) is 4.90 Å². The van der Waals surface area contributed by atoms with Crippen molar-refractivity contribution in [2.75, 3.05) is 10.0 Å². The van der Waals surface area contributed by atoms with Gasteiger partial charge in [-0.2, -0.15) is 0 Å². The summed E-state index contributed by atoms with van der Waals surface area (Å²) in [6, 6.07) is 11.2. The van der Waals surface area contributed by atoms with Crippen LogP contribution in [0.5, 0.6) is 0 Å². The van der Waals surface area contributed by atoms with Gasteiger partial charge >= 0.3 is 6.03 Å². The largest absolute Gasteiger partial charge is 0.335 e. The first-order valence-electron chi connectivity index (χ1n) is 7.81. The number of sulfonamides is 1. The second-order valence-corrected chi connectivity index (χ2v) is 7.98. The maximum absolute atomic E-state index is 12.5. The molecule has 0 aliphatic heterocycles. The van der Waals surface area contributed by atoms with E-state index in [-0.39, 0.29) is 17.0 Å². The minimum absolute atomic E-state index is 0.131. The molecule has 8 heteroatoms. The summed E-state index contributed by atoms with van der Waals surface area (Å²) in [5, 5.41) is 5.91. The van der Waals surface area contributed by atoms with Gasteiger partial charge in [0.25, 0.3) is 10.0 Å². The van der Waals surface area contributed by atoms with Gasteiger partial charge in [-0.05, 0) is 61.7 Å². The predicted molar refractivity (Wildman–Crippen MR) is 98.6 cm³/mol. The van der Waals surface area contributed by atoms with Crippen LogP contribution < -0.4 is 15.4 Å². The molecule has 3 N–H and O–H groups in total. The van der Waals surface area contributed by atoms with Gasteiger partial charge in [0.1, 0.15) is 0 Å². The van der Waals surface area contributed by atoms with E-state index >= 15 is 0 Å². The van der Waals surface area contributed by atoms with Gasteiger partial charge in [0.15, 0.2) is 0 Å². The molecule has 0 heterocycles. The standard InChI is InChI=1S/C17H18ClN3O3S/c1-11-15(18)3-2-4-16(11)25(23,24)21-14-9-7-13(8-10-14)20-17(22)19-12-5-6-12/h2-4,7-10,12,21H,5-6H2,1H3,(H2,19,20,22). The topological polar surface area (TPSA) is 87.3 Å². The molecule has 2 aromatic carbocycles. The highest BCUT2D eigenvalue weighted by molar-refractivity contribution is 7.92. The van der Waals surface area contributed by atoms with Gasteiger partial charge in [-0.3, -0.25) is 4.72 Å². The van der Waals surface area contributed by atoms with E-state index in [9.17, 15) is 13.2 Å². The Kier molecular flexibility index (Phi) is 4.87. The molecule has 0 bridgehead atoms. The van der Waals surface area contributed by atoms with Crippen molar-refractivity contribution in [2.45, 2.75) is 30.7 Å². The van der Waals surface area contributed by atoms with Crippen molar-refractivity contribution in [1.82, 2.24) is 5.32 Å². The maximum Gasteiger partial charge on any atom is 0.319 e. The van der Waals surface area contributed by atoms with Gasteiger partial charge in [-0.25, -0.2) is 13.2 Å². The lowest BCUT2D eigenvalue weighted by atomic mass is 10.2. The average molecular weight is 380 g/mol. The maximum atomic E-state index is 12.5. The number of carbonyl (C=O) groups excluding carboxylic acids is 1. The minimum Gasteiger partial charge on any atom is -0.335 e. The van der Waals surface area contributed by atoms with Gasteiger partial charge in [0.2, 0.25) is 0 Å². The Labute approximate surface area is 151 Å². The average Bonchev–Trinajstić information content (AvgIpc) is 3.35. The Morgan fingerprint density at radius 3 is 2.36 bits per heavy atom. The Bertz CT molecular complexity index is 894. The van der Waals surface area contributed by atoms with Crippen LogP contribution in [0.15, 0.2) is 47.4 Å². The fourth-order valence-electron chi connectivity index (χ4n) is 2.29. The molecular formula is C17H18ClN3O3S. The molecule has 2 aromatic rings. The van der Waals surface area contributed by atoms with Crippen LogP contribution in [0, 0.1) is 6.92 Å². The molecule has 1 saturated carbocycles. The Balaban J connectivity index is 1.69. The van der Waals surface area contributed by atoms with Crippen molar-refractivity contribution in [3.05, 3.63) is 53.1 Å². The van der Waals surface area contributed by atoms with Gasteiger partial charge in [-0.1, -0.05) is 17.7 Å². The predicted octanol–water partition coefficient (Wildman–Crippen LogP) is 3.73. The second-order valence-electron chi connectivity index (χ2n) is 5.92. The number of benzene rings is 2. The first-order valence-corrected chi connectivity index (χ1v) is 9.67. The lowest BCUT2D eigenvalue weighted by Crippen LogP contribution is -2.30. The van der Waals surface area contributed by atoms with Crippen LogP contribution in [0.1, 0.15) is 18.4 Å². The van der Waals surface area contributed by atoms with E-state index in [2.05, 4.69) is 15.4 Å². The van der Waals surface area contributed by atoms with Gasteiger partial charge in [0, 0.05) is 22.4 Å². The molecule has 1 fully saturated rings. The number of amides is 2. The zero-order valence-corrected chi connectivity index (χ0v) is 15.1. The number of anilines is 2. The lowest BCUT2D eigenvalue weighted by molar-refractivity contribution is 0.251. The highest BCUT2D eigenvalue weighted by Crippen LogP contribution is 2.25. The first kappa shape index (κ1) is 17.6. The van der Waals surface area contributed by atoms with E-state index in [1.807, 2.05) is 0 Å². The summed E-state index contributed by atoms with van der Waals surface area (Å²) < 4.78 is 27.5. The summed E-state index contributed by atoms with van der Waals surface area (Å²) in [7, 11) is -3.74. The van der Waals surface area contributed by atoms with E-state index in [1.165, 1.54) is 6.07 Å². The normalized spacial score (nSPS) is 14.0. The SMILES string of the molecule is Cc1c(Cl)cccc1S(=O)(=O)Nc1ccc(NC(=O)NC2CC2)cc1. The number of carbonyl (C=O) groups is 1. The van der Waals surface area contributed by atoms with Crippen molar-refractivity contribution in [1.29, 1.82) is 0 Å². The van der Waals surface area contributed by atoms with Crippen molar-refractivity contribution in [2.24, 2.45) is 0 Å². The van der Waals surface area contributed by atoms with Crippen molar-refractivity contribution >= 4 is 39.0 Å². The molecule has 0 unspecified atom stereocenters. The van der Waals surface area contributed by atoms with Crippen LogP contribution in [-0.2, 0) is 10.0 Å². The quantitative estimate of drug-likeness (QED) is 0.739. The van der Waals surface area contributed by atoms with E-state index in [0.29, 0.717) is 22.0 Å². The zero-order valence-electron chi connectivity index (χ0n) is 13.5.